The van der Waals surface area contributed by atoms with Crippen LogP contribution in [0.15, 0.2) is 53.7 Å². The fourth-order valence-corrected chi connectivity index (χ4v) is 4.92. The van der Waals surface area contributed by atoms with Crippen molar-refractivity contribution in [2.24, 2.45) is 0 Å². The van der Waals surface area contributed by atoms with Gasteiger partial charge in [0, 0.05) is 42.5 Å². The lowest BCUT2D eigenvalue weighted by Crippen LogP contribution is -2.50. The van der Waals surface area contributed by atoms with E-state index in [2.05, 4.69) is 22.0 Å². The molecule has 0 saturated carbocycles. The smallest absolute Gasteiger partial charge is 0.235 e. The zero-order chi connectivity index (χ0) is 23.4. The number of carbonyl (C=O) groups is 1. The number of ether oxygens (including phenoxy) is 1. The van der Waals surface area contributed by atoms with Gasteiger partial charge in [0.25, 0.3) is 0 Å². The average molecular weight is 486 g/mol. The topological polar surface area (TPSA) is 63.5 Å². The average Bonchev–Trinajstić information content (AvgIpc) is 3.27. The van der Waals surface area contributed by atoms with Crippen molar-refractivity contribution in [3.63, 3.8) is 0 Å². The van der Waals surface area contributed by atoms with E-state index in [9.17, 15) is 4.79 Å². The minimum atomic E-state index is -0.280. The van der Waals surface area contributed by atoms with Crippen LogP contribution in [0.1, 0.15) is 13.8 Å². The molecule has 4 rings (SSSR count). The van der Waals surface area contributed by atoms with Gasteiger partial charge in [0.15, 0.2) is 11.0 Å². The highest BCUT2D eigenvalue weighted by Gasteiger charge is 2.27. The van der Waals surface area contributed by atoms with E-state index in [-0.39, 0.29) is 11.2 Å². The van der Waals surface area contributed by atoms with Crippen LogP contribution < -0.4 is 4.74 Å². The highest BCUT2D eigenvalue weighted by atomic mass is 35.5. The first-order valence-electron chi connectivity index (χ1n) is 11.0. The first kappa shape index (κ1) is 23.6. The number of hydrogen-bond donors (Lipinski definition) is 0. The van der Waals surface area contributed by atoms with E-state index >= 15 is 0 Å². The fourth-order valence-electron chi connectivity index (χ4n) is 3.85. The number of carbonyl (C=O) groups excluding carboxylic acids is 1. The van der Waals surface area contributed by atoms with Crippen LogP contribution >= 0.6 is 23.4 Å². The highest BCUT2D eigenvalue weighted by molar-refractivity contribution is 8.00. The number of amides is 1. The van der Waals surface area contributed by atoms with E-state index in [4.69, 9.17) is 16.3 Å². The fraction of sp³-hybridized carbons (Fsp3) is 0.375. The maximum atomic E-state index is 13.1. The summed E-state index contributed by atoms with van der Waals surface area (Å²) in [4.78, 5) is 17.5. The molecule has 0 radical (unpaired) electrons. The lowest BCUT2D eigenvalue weighted by Gasteiger charge is -2.35. The molecule has 0 bridgehead atoms. The summed E-state index contributed by atoms with van der Waals surface area (Å²) in [6.45, 7) is 8.47. The number of rotatable bonds is 7. The Kier molecular flexibility index (Phi) is 7.57. The quantitative estimate of drug-likeness (QED) is 0.466. The van der Waals surface area contributed by atoms with Crippen molar-refractivity contribution in [3.8, 4) is 22.8 Å². The van der Waals surface area contributed by atoms with Crippen molar-refractivity contribution in [2.75, 3.05) is 39.8 Å². The Balaban J connectivity index is 1.61. The first-order chi connectivity index (χ1) is 16.0. The lowest BCUT2D eigenvalue weighted by atomic mass is 10.2. The van der Waals surface area contributed by atoms with Gasteiger partial charge < -0.3 is 14.5 Å². The Bertz CT molecular complexity index is 1080. The second-order valence-corrected chi connectivity index (χ2v) is 9.61. The van der Waals surface area contributed by atoms with Crippen LogP contribution in [0, 0.1) is 0 Å². The maximum Gasteiger partial charge on any atom is 0.235 e. The van der Waals surface area contributed by atoms with Crippen molar-refractivity contribution < 1.29 is 9.53 Å². The van der Waals surface area contributed by atoms with E-state index in [0.717, 1.165) is 49.7 Å². The van der Waals surface area contributed by atoms with E-state index in [0.29, 0.717) is 16.0 Å². The molecule has 1 fully saturated rings. The van der Waals surface area contributed by atoms with Crippen molar-refractivity contribution in [1.82, 2.24) is 24.6 Å². The molecule has 0 N–H and O–H groups in total. The Morgan fingerprint density at radius 1 is 1.06 bits per heavy atom. The van der Waals surface area contributed by atoms with Gasteiger partial charge in [0.1, 0.15) is 5.75 Å². The summed E-state index contributed by atoms with van der Waals surface area (Å²) in [5.74, 6) is 1.60. The number of likely N-dealkylation sites (N-methyl/N-ethyl adjacent to an activating group) is 1. The standard InChI is InChI=1S/C24H28ClN5O2S/c1-4-28-13-15-29(16-14-28)23(31)17(2)33-24-27-26-22(18-5-11-21(32-3)12-6-18)30(24)20-9-7-19(25)8-10-20/h5-12,17H,4,13-16H2,1-3H3. The van der Waals surface area contributed by atoms with Crippen LogP contribution in [0.2, 0.25) is 5.02 Å². The number of halogens is 1. The molecule has 174 valence electrons. The third-order valence-corrected chi connectivity index (χ3v) is 7.11. The van der Waals surface area contributed by atoms with Crippen LogP contribution in [0.4, 0.5) is 0 Å². The van der Waals surface area contributed by atoms with Gasteiger partial charge in [0.2, 0.25) is 5.91 Å². The predicted molar refractivity (Wildman–Crippen MR) is 132 cm³/mol. The molecule has 9 heteroatoms. The van der Waals surface area contributed by atoms with Crippen molar-refractivity contribution in [2.45, 2.75) is 24.3 Å². The summed E-state index contributed by atoms with van der Waals surface area (Å²) < 4.78 is 7.26. The summed E-state index contributed by atoms with van der Waals surface area (Å²) >= 11 is 7.55. The molecule has 1 aliphatic heterocycles. The minimum Gasteiger partial charge on any atom is -0.497 e. The van der Waals surface area contributed by atoms with Gasteiger partial charge in [0.05, 0.1) is 12.4 Å². The molecule has 1 amide bonds. The normalized spacial score (nSPS) is 15.5. The second kappa shape index (κ2) is 10.6. The Hall–Kier alpha value is -2.55. The predicted octanol–water partition coefficient (Wildman–Crippen LogP) is 4.24. The number of nitrogens with zero attached hydrogens (tertiary/aromatic N) is 5. The van der Waals surface area contributed by atoms with E-state index in [1.54, 1.807) is 7.11 Å². The lowest BCUT2D eigenvalue weighted by molar-refractivity contribution is -0.132. The molecule has 2 heterocycles. The molecule has 2 aromatic carbocycles. The van der Waals surface area contributed by atoms with Crippen molar-refractivity contribution in [1.29, 1.82) is 0 Å². The van der Waals surface area contributed by atoms with Crippen molar-refractivity contribution >= 4 is 29.3 Å². The van der Waals surface area contributed by atoms with Gasteiger partial charge in [-0.15, -0.1) is 10.2 Å². The molecule has 3 aromatic rings. The van der Waals surface area contributed by atoms with Gasteiger partial charge in [-0.2, -0.15) is 0 Å². The SMILES string of the molecule is CCN1CCN(C(=O)C(C)Sc2nnc(-c3ccc(OC)cc3)n2-c2ccc(Cl)cc2)CC1. The third kappa shape index (κ3) is 5.34. The van der Waals surface area contributed by atoms with Crippen LogP contribution in [0.25, 0.3) is 17.1 Å². The molecule has 1 unspecified atom stereocenters. The van der Waals surface area contributed by atoms with E-state index in [1.165, 1.54) is 11.8 Å². The summed E-state index contributed by atoms with van der Waals surface area (Å²) in [6, 6.07) is 15.2. The van der Waals surface area contributed by atoms with Gasteiger partial charge in [-0.1, -0.05) is 30.3 Å². The van der Waals surface area contributed by atoms with Gasteiger partial charge in [-0.3, -0.25) is 9.36 Å². The number of thioether (sulfide) groups is 1. The Morgan fingerprint density at radius 3 is 2.33 bits per heavy atom. The summed E-state index contributed by atoms with van der Waals surface area (Å²) in [7, 11) is 1.64. The number of piperazine rings is 1. The number of benzene rings is 2. The van der Waals surface area contributed by atoms with Crippen LogP contribution in [0.3, 0.4) is 0 Å². The molecule has 1 aliphatic rings. The summed E-state index contributed by atoms with van der Waals surface area (Å²) in [5, 5.41) is 9.97. The molecule has 7 nitrogen and oxygen atoms in total. The second-order valence-electron chi connectivity index (χ2n) is 7.87. The van der Waals surface area contributed by atoms with Gasteiger partial charge in [-0.05, 0) is 62.0 Å². The Labute approximate surface area is 203 Å². The largest absolute Gasteiger partial charge is 0.497 e. The van der Waals surface area contributed by atoms with Gasteiger partial charge in [-0.25, -0.2) is 0 Å². The number of methoxy groups -OCH3 is 1. The monoisotopic (exact) mass is 485 g/mol. The van der Waals surface area contributed by atoms with Crippen LogP contribution in [0.5, 0.6) is 5.75 Å². The molecule has 33 heavy (non-hydrogen) atoms. The summed E-state index contributed by atoms with van der Waals surface area (Å²) in [6.07, 6.45) is 0. The van der Waals surface area contributed by atoms with Crippen LogP contribution in [-0.2, 0) is 4.79 Å². The highest BCUT2D eigenvalue weighted by Crippen LogP contribution is 2.32. The molecule has 1 saturated heterocycles. The number of hydrogen-bond acceptors (Lipinski definition) is 6. The Morgan fingerprint density at radius 2 is 1.73 bits per heavy atom. The molecule has 0 spiro atoms. The third-order valence-electron chi connectivity index (χ3n) is 5.83. The molecule has 1 atom stereocenters. The molecular formula is C24H28ClN5O2S. The van der Waals surface area contributed by atoms with E-state index < -0.39 is 0 Å². The van der Waals surface area contributed by atoms with Crippen molar-refractivity contribution in [3.05, 3.63) is 53.6 Å². The number of aromatic nitrogens is 3. The first-order valence-corrected chi connectivity index (χ1v) is 12.3. The summed E-state index contributed by atoms with van der Waals surface area (Å²) in [5.41, 5.74) is 1.79. The van der Waals surface area contributed by atoms with E-state index in [1.807, 2.05) is 64.9 Å². The molecular weight excluding hydrogens is 458 g/mol. The molecule has 0 aliphatic carbocycles. The maximum absolute atomic E-state index is 13.1. The molecule has 1 aromatic heterocycles. The zero-order valence-electron chi connectivity index (χ0n) is 19.1. The zero-order valence-corrected chi connectivity index (χ0v) is 20.6. The minimum absolute atomic E-state index is 0.132. The van der Waals surface area contributed by atoms with Gasteiger partial charge >= 0.3 is 0 Å². The van der Waals surface area contributed by atoms with Crippen LogP contribution in [-0.4, -0.2) is 75.6 Å².